The Balaban J connectivity index is 2.48. The molecule has 0 saturated carbocycles. The van der Waals surface area contributed by atoms with Gasteiger partial charge in [0.05, 0.1) is 0 Å². The van der Waals surface area contributed by atoms with Gasteiger partial charge in [0.1, 0.15) is 12.4 Å². The Bertz CT molecular complexity index is 468. The van der Waals surface area contributed by atoms with Crippen molar-refractivity contribution in [1.82, 2.24) is 5.32 Å². The van der Waals surface area contributed by atoms with E-state index in [9.17, 15) is 4.79 Å². The monoisotopic (exact) mass is 325 g/mol. The molecule has 4 nitrogen and oxygen atoms in total. The smallest absolute Gasteiger partial charge is 0.303 e. The van der Waals surface area contributed by atoms with Crippen LogP contribution in [0.25, 0.3) is 0 Å². The minimum Gasteiger partial charge on any atom is -0.481 e. The van der Waals surface area contributed by atoms with Crippen LogP contribution in [0.1, 0.15) is 18.4 Å². The number of carboxylic acid groups (broad SMARTS) is 1. The fraction of sp³-hybridized carbons (Fsp3) is 0.357. The van der Waals surface area contributed by atoms with Crippen molar-refractivity contribution < 1.29 is 14.6 Å². The number of benzene rings is 1. The molecule has 1 rings (SSSR count). The van der Waals surface area contributed by atoms with E-state index >= 15 is 0 Å². The van der Waals surface area contributed by atoms with Gasteiger partial charge in [0, 0.05) is 23.0 Å². The number of hydrogen-bond donors (Lipinski definition) is 2. The lowest BCUT2D eigenvalue weighted by Crippen LogP contribution is -2.16. The topological polar surface area (TPSA) is 58.6 Å². The van der Waals surface area contributed by atoms with Crippen LogP contribution in [-0.4, -0.2) is 24.2 Å². The minimum atomic E-state index is -0.776. The van der Waals surface area contributed by atoms with E-state index < -0.39 is 5.97 Å². The summed E-state index contributed by atoms with van der Waals surface area (Å²) in [4.78, 5) is 10.4. The van der Waals surface area contributed by atoms with Crippen molar-refractivity contribution >= 4 is 21.9 Å². The van der Waals surface area contributed by atoms with Crippen LogP contribution in [0.15, 0.2) is 22.7 Å². The highest BCUT2D eigenvalue weighted by atomic mass is 79.9. The SMILES string of the molecule is C#CCOc1ccc(Br)cc1CNCCCC(=O)O. The molecule has 5 heteroatoms. The maximum absolute atomic E-state index is 10.4. The molecule has 0 bridgehead atoms. The van der Waals surface area contributed by atoms with E-state index in [4.69, 9.17) is 16.3 Å². The van der Waals surface area contributed by atoms with Gasteiger partial charge in [-0.3, -0.25) is 4.79 Å². The number of terminal acetylenes is 1. The molecule has 0 fully saturated rings. The van der Waals surface area contributed by atoms with Crippen LogP contribution in [0.2, 0.25) is 0 Å². The molecule has 0 aromatic heterocycles. The van der Waals surface area contributed by atoms with Crippen LogP contribution in [0.4, 0.5) is 0 Å². The van der Waals surface area contributed by atoms with Crippen molar-refractivity contribution in [2.24, 2.45) is 0 Å². The summed E-state index contributed by atoms with van der Waals surface area (Å²) in [5.74, 6) is 2.39. The zero-order valence-electron chi connectivity index (χ0n) is 10.5. The molecule has 1 aromatic carbocycles. The fourth-order valence-electron chi connectivity index (χ4n) is 1.53. The largest absolute Gasteiger partial charge is 0.481 e. The van der Waals surface area contributed by atoms with E-state index in [1.54, 1.807) is 0 Å². The van der Waals surface area contributed by atoms with Crippen molar-refractivity contribution in [2.75, 3.05) is 13.2 Å². The maximum Gasteiger partial charge on any atom is 0.303 e. The van der Waals surface area contributed by atoms with Gasteiger partial charge in [0.2, 0.25) is 0 Å². The van der Waals surface area contributed by atoms with E-state index in [1.165, 1.54) is 0 Å². The van der Waals surface area contributed by atoms with Gasteiger partial charge >= 0.3 is 5.97 Å². The van der Waals surface area contributed by atoms with Crippen molar-refractivity contribution in [3.63, 3.8) is 0 Å². The van der Waals surface area contributed by atoms with Gasteiger partial charge in [-0.25, -0.2) is 0 Å². The number of rotatable bonds is 8. The molecule has 102 valence electrons. The summed E-state index contributed by atoms with van der Waals surface area (Å²) in [5.41, 5.74) is 0.986. The van der Waals surface area contributed by atoms with Gasteiger partial charge in [-0.2, -0.15) is 0 Å². The molecule has 0 spiro atoms. The predicted octanol–water partition coefficient (Wildman–Crippen LogP) is 2.42. The average molecular weight is 326 g/mol. The minimum absolute atomic E-state index is 0.173. The highest BCUT2D eigenvalue weighted by Crippen LogP contribution is 2.23. The van der Waals surface area contributed by atoms with Gasteiger partial charge in [-0.15, -0.1) is 6.42 Å². The molecule has 2 N–H and O–H groups in total. The predicted molar refractivity (Wildman–Crippen MR) is 77.0 cm³/mol. The molecular weight excluding hydrogens is 310 g/mol. The molecule has 0 atom stereocenters. The molecule has 0 aliphatic carbocycles. The van der Waals surface area contributed by atoms with Crippen molar-refractivity contribution in [2.45, 2.75) is 19.4 Å². The van der Waals surface area contributed by atoms with Gasteiger partial charge < -0.3 is 15.2 Å². The summed E-state index contributed by atoms with van der Waals surface area (Å²) in [6.07, 6.45) is 5.94. The number of nitrogens with one attached hydrogen (secondary N) is 1. The number of halogens is 1. The Labute approximate surface area is 121 Å². The van der Waals surface area contributed by atoms with Gasteiger partial charge in [-0.1, -0.05) is 21.9 Å². The second-order valence-corrected chi connectivity index (χ2v) is 4.83. The van der Waals surface area contributed by atoms with Crippen molar-refractivity contribution in [3.8, 4) is 18.1 Å². The maximum atomic E-state index is 10.4. The average Bonchev–Trinajstić information content (AvgIpc) is 2.37. The highest BCUT2D eigenvalue weighted by Gasteiger charge is 2.04. The van der Waals surface area contributed by atoms with Crippen molar-refractivity contribution in [1.29, 1.82) is 0 Å². The second-order valence-electron chi connectivity index (χ2n) is 3.92. The first kappa shape index (κ1) is 15.5. The number of carbonyl (C=O) groups is 1. The molecular formula is C14H16BrNO3. The third-order valence-corrected chi connectivity index (χ3v) is 2.89. The standard InChI is InChI=1S/C14H16BrNO3/c1-2-8-19-13-6-5-12(15)9-11(13)10-16-7-3-4-14(17)18/h1,5-6,9,16H,3-4,7-8,10H2,(H,17,18). The number of hydrogen-bond acceptors (Lipinski definition) is 3. The van der Waals surface area contributed by atoms with Crippen LogP contribution in [0.5, 0.6) is 5.75 Å². The summed E-state index contributed by atoms with van der Waals surface area (Å²) in [7, 11) is 0. The van der Waals surface area contributed by atoms with Gasteiger partial charge in [-0.05, 0) is 31.2 Å². The highest BCUT2D eigenvalue weighted by molar-refractivity contribution is 9.10. The van der Waals surface area contributed by atoms with Crippen LogP contribution < -0.4 is 10.1 Å². The number of carboxylic acids is 1. The zero-order valence-corrected chi connectivity index (χ0v) is 12.1. The fourth-order valence-corrected chi connectivity index (χ4v) is 1.94. The normalized spacial score (nSPS) is 9.89. The molecule has 1 aromatic rings. The quantitative estimate of drug-likeness (QED) is 0.569. The third kappa shape index (κ3) is 6.27. The van der Waals surface area contributed by atoms with E-state index in [0.717, 1.165) is 15.8 Å². The van der Waals surface area contributed by atoms with Crippen LogP contribution in [0.3, 0.4) is 0 Å². The van der Waals surface area contributed by atoms with Crippen LogP contribution >= 0.6 is 15.9 Å². The molecule has 0 aliphatic heterocycles. The third-order valence-electron chi connectivity index (χ3n) is 2.39. The molecule has 0 unspecified atom stereocenters. The first-order chi connectivity index (χ1) is 9.13. The summed E-state index contributed by atoms with van der Waals surface area (Å²) in [6, 6.07) is 5.70. The summed E-state index contributed by atoms with van der Waals surface area (Å²) >= 11 is 3.40. The lowest BCUT2D eigenvalue weighted by molar-refractivity contribution is -0.137. The lowest BCUT2D eigenvalue weighted by Gasteiger charge is -2.11. The number of aliphatic carboxylic acids is 1. The van der Waals surface area contributed by atoms with Gasteiger partial charge in [0.15, 0.2) is 0 Å². The molecule has 0 amide bonds. The molecule has 0 heterocycles. The Morgan fingerprint density at radius 2 is 2.32 bits per heavy atom. The first-order valence-electron chi connectivity index (χ1n) is 5.90. The Morgan fingerprint density at radius 3 is 3.00 bits per heavy atom. The van der Waals surface area contributed by atoms with E-state index in [0.29, 0.717) is 19.5 Å². The first-order valence-corrected chi connectivity index (χ1v) is 6.70. The van der Waals surface area contributed by atoms with E-state index in [1.807, 2.05) is 18.2 Å². The molecule has 0 saturated heterocycles. The van der Waals surface area contributed by atoms with E-state index in [2.05, 4.69) is 27.2 Å². The van der Waals surface area contributed by atoms with Crippen LogP contribution in [0, 0.1) is 12.3 Å². The summed E-state index contributed by atoms with van der Waals surface area (Å²) in [5, 5.41) is 11.7. The molecule has 0 radical (unpaired) electrons. The Hall–Kier alpha value is -1.51. The second kappa shape index (κ2) is 8.57. The lowest BCUT2D eigenvalue weighted by atomic mass is 10.2. The Kier molecular flexibility index (Phi) is 7.01. The zero-order chi connectivity index (χ0) is 14.1. The van der Waals surface area contributed by atoms with E-state index in [-0.39, 0.29) is 13.0 Å². The molecule has 19 heavy (non-hydrogen) atoms. The Morgan fingerprint density at radius 1 is 1.53 bits per heavy atom. The van der Waals surface area contributed by atoms with Crippen molar-refractivity contribution in [3.05, 3.63) is 28.2 Å². The molecule has 0 aliphatic rings. The van der Waals surface area contributed by atoms with Crippen LogP contribution in [-0.2, 0) is 11.3 Å². The number of ether oxygens (including phenoxy) is 1. The summed E-state index contributed by atoms with van der Waals surface area (Å²) < 4.78 is 6.41. The summed E-state index contributed by atoms with van der Waals surface area (Å²) in [6.45, 7) is 1.49. The van der Waals surface area contributed by atoms with Gasteiger partial charge in [0.25, 0.3) is 0 Å².